The topological polar surface area (TPSA) is 307 Å². The number of ether oxygens (including phenoxy) is 6. The van der Waals surface area contributed by atoms with Gasteiger partial charge in [-0.15, -0.1) is 0 Å². The summed E-state index contributed by atoms with van der Waals surface area (Å²) in [6, 6.07) is -0.998. The molecule has 12 N–H and O–H groups in total. The first-order valence-electron chi connectivity index (χ1n) is 40.8. The van der Waals surface area contributed by atoms with E-state index in [0.717, 1.165) is 70.6 Å². The molecule has 592 valence electrons. The number of carbonyl (C=O) groups excluding carboxylic acids is 1. The molecule has 3 aliphatic heterocycles. The average Bonchev–Trinajstić information content (AvgIpc) is 0.755. The van der Waals surface area contributed by atoms with E-state index in [1.807, 2.05) is 6.08 Å². The van der Waals surface area contributed by atoms with Crippen molar-refractivity contribution in [2.45, 2.75) is 407 Å². The quantitative estimate of drug-likeness (QED) is 0.0199. The largest absolute Gasteiger partial charge is 0.394 e. The highest BCUT2D eigenvalue weighted by atomic mass is 16.8. The van der Waals surface area contributed by atoms with Crippen molar-refractivity contribution in [3.8, 4) is 0 Å². The smallest absolute Gasteiger partial charge is 0.220 e. The van der Waals surface area contributed by atoms with Gasteiger partial charge in [-0.05, 0) is 83.5 Å². The van der Waals surface area contributed by atoms with Gasteiger partial charge in [-0.25, -0.2) is 0 Å². The van der Waals surface area contributed by atoms with Crippen LogP contribution in [0.2, 0.25) is 0 Å². The van der Waals surface area contributed by atoms with Gasteiger partial charge >= 0.3 is 0 Å². The summed E-state index contributed by atoms with van der Waals surface area (Å²) in [7, 11) is 0. The number of allylic oxidation sites excluding steroid dienone is 13. The van der Waals surface area contributed by atoms with Crippen molar-refractivity contribution in [2.75, 3.05) is 26.4 Å². The molecule has 0 aliphatic carbocycles. The Morgan fingerprint density at radius 2 is 0.686 bits per heavy atom. The minimum absolute atomic E-state index is 0.233. The van der Waals surface area contributed by atoms with Gasteiger partial charge in [-0.2, -0.15) is 0 Å². The first-order chi connectivity index (χ1) is 49.8. The van der Waals surface area contributed by atoms with Crippen LogP contribution in [0.1, 0.15) is 303 Å². The number of hydrogen-bond donors (Lipinski definition) is 12. The molecule has 19 nitrogen and oxygen atoms in total. The number of unbranched alkanes of at least 4 members (excludes halogenated alkanes) is 36. The lowest BCUT2D eigenvalue weighted by atomic mass is 9.96. The fourth-order valence-corrected chi connectivity index (χ4v) is 13.4. The maximum atomic E-state index is 13.4. The molecule has 0 aromatic heterocycles. The third-order valence-electron chi connectivity index (χ3n) is 19.9. The molecule has 17 unspecified atom stereocenters. The van der Waals surface area contributed by atoms with Crippen molar-refractivity contribution >= 4 is 5.91 Å². The van der Waals surface area contributed by atoms with Gasteiger partial charge in [0.25, 0.3) is 0 Å². The predicted octanol–water partition coefficient (Wildman–Crippen LogP) is 13.8. The third-order valence-corrected chi connectivity index (χ3v) is 19.9. The second-order valence-corrected chi connectivity index (χ2v) is 28.8. The summed E-state index contributed by atoms with van der Waals surface area (Å²) in [4.78, 5) is 13.4. The SMILES string of the molecule is CC/C=C\C/C=C\C/C=C\C/C=C\CCCCCCCCCCCCCCCCCCCCCCCCCCCCCCC(=O)NC(COC1OC(CO)C(OC2OC(CO)C(OC3OC(CO)C(O)C(O)C3O)C(O)C2O)C(O)C1O)C(O)/C=C/CC/C=C/CC/C=C/CCCCCCCC. The first kappa shape index (κ1) is 93.2. The zero-order valence-corrected chi connectivity index (χ0v) is 63.3. The summed E-state index contributed by atoms with van der Waals surface area (Å²) < 4.78 is 34.4. The Bertz CT molecular complexity index is 2170. The molecular formula is C83H147NO18. The van der Waals surface area contributed by atoms with E-state index in [0.29, 0.717) is 12.8 Å². The summed E-state index contributed by atoms with van der Waals surface area (Å²) in [6.07, 6.45) is 57.5. The van der Waals surface area contributed by atoms with Gasteiger partial charge in [-0.3, -0.25) is 4.79 Å². The molecule has 1 amide bonds. The van der Waals surface area contributed by atoms with E-state index in [1.165, 1.54) is 199 Å². The fraction of sp³-hybridized carbons (Fsp3) is 0.819. The molecule has 0 aromatic carbocycles. The van der Waals surface area contributed by atoms with Crippen molar-refractivity contribution in [1.29, 1.82) is 0 Å². The number of aliphatic hydroxyl groups excluding tert-OH is 11. The Morgan fingerprint density at radius 3 is 1.10 bits per heavy atom. The molecule has 3 aliphatic rings. The fourth-order valence-electron chi connectivity index (χ4n) is 13.4. The van der Waals surface area contributed by atoms with E-state index in [4.69, 9.17) is 28.4 Å². The third kappa shape index (κ3) is 42.5. The maximum absolute atomic E-state index is 13.4. The van der Waals surface area contributed by atoms with Crippen molar-refractivity contribution < 1.29 is 89.4 Å². The van der Waals surface area contributed by atoms with Crippen molar-refractivity contribution in [3.63, 3.8) is 0 Å². The summed E-state index contributed by atoms with van der Waals surface area (Å²) in [5, 5.41) is 121. The molecule has 0 radical (unpaired) electrons. The molecular weight excluding hydrogens is 1300 g/mol. The minimum atomic E-state index is -1.98. The van der Waals surface area contributed by atoms with Crippen LogP contribution in [-0.4, -0.2) is 193 Å². The Labute approximate surface area is 616 Å². The maximum Gasteiger partial charge on any atom is 0.220 e. The molecule has 102 heavy (non-hydrogen) atoms. The van der Waals surface area contributed by atoms with Gasteiger partial charge < -0.3 is 89.9 Å². The Balaban J connectivity index is 1.29. The van der Waals surface area contributed by atoms with Crippen LogP contribution >= 0.6 is 0 Å². The molecule has 0 bridgehead atoms. The van der Waals surface area contributed by atoms with E-state index in [-0.39, 0.29) is 18.9 Å². The van der Waals surface area contributed by atoms with E-state index >= 15 is 0 Å². The lowest BCUT2D eigenvalue weighted by molar-refractivity contribution is -0.379. The average molecular weight is 1450 g/mol. The van der Waals surface area contributed by atoms with Gasteiger partial charge in [0.15, 0.2) is 18.9 Å². The van der Waals surface area contributed by atoms with Gasteiger partial charge in [0.1, 0.15) is 73.2 Å². The number of carbonyl (C=O) groups is 1. The number of rotatable bonds is 64. The number of nitrogens with one attached hydrogen (secondary N) is 1. The van der Waals surface area contributed by atoms with Crippen LogP contribution in [0.15, 0.2) is 85.1 Å². The summed E-state index contributed by atoms with van der Waals surface area (Å²) >= 11 is 0. The van der Waals surface area contributed by atoms with Crippen molar-refractivity contribution in [3.05, 3.63) is 85.1 Å². The van der Waals surface area contributed by atoms with Gasteiger partial charge in [0.2, 0.25) is 5.91 Å². The highest BCUT2D eigenvalue weighted by Crippen LogP contribution is 2.33. The molecule has 3 heterocycles. The van der Waals surface area contributed by atoms with Crippen LogP contribution in [0.4, 0.5) is 0 Å². The van der Waals surface area contributed by atoms with Crippen LogP contribution in [-0.2, 0) is 33.2 Å². The monoisotopic (exact) mass is 1450 g/mol. The predicted molar refractivity (Wildman–Crippen MR) is 406 cm³/mol. The second kappa shape index (κ2) is 63.0. The second-order valence-electron chi connectivity index (χ2n) is 28.8. The Kier molecular flexibility index (Phi) is 57.5. The molecule has 19 heteroatoms. The Morgan fingerprint density at radius 1 is 0.363 bits per heavy atom. The molecule has 17 atom stereocenters. The normalized spacial score (nSPS) is 26.6. The highest BCUT2D eigenvalue weighted by molar-refractivity contribution is 5.76. The lowest BCUT2D eigenvalue weighted by Gasteiger charge is -2.48. The van der Waals surface area contributed by atoms with Gasteiger partial charge in [-0.1, -0.05) is 298 Å². The van der Waals surface area contributed by atoms with Crippen LogP contribution in [0, 0.1) is 0 Å². The lowest BCUT2D eigenvalue weighted by Crippen LogP contribution is -2.66. The molecule has 0 aromatic rings. The molecule has 3 fully saturated rings. The van der Waals surface area contributed by atoms with Crippen LogP contribution < -0.4 is 5.32 Å². The molecule has 3 rings (SSSR count). The van der Waals surface area contributed by atoms with E-state index in [1.54, 1.807) is 6.08 Å². The van der Waals surface area contributed by atoms with Gasteiger partial charge in [0.05, 0.1) is 38.6 Å². The summed E-state index contributed by atoms with van der Waals surface area (Å²) in [5.41, 5.74) is 0. The summed E-state index contributed by atoms with van der Waals surface area (Å²) in [5.74, 6) is -0.286. The number of amides is 1. The van der Waals surface area contributed by atoms with Crippen LogP contribution in [0.5, 0.6) is 0 Å². The zero-order valence-electron chi connectivity index (χ0n) is 63.3. The Hall–Kier alpha value is -3.03. The zero-order chi connectivity index (χ0) is 73.9. The standard InChI is InChI=1S/C83H147NO18/c1-3-5-7-9-11-13-15-17-19-21-22-23-24-25-26-27-28-29-30-31-32-33-34-35-36-37-38-39-40-41-42-43-44-45-47-49-51-53-55-57-59-61-71(89)84-66(67(88)60-58-56-54-52-50-48-46-20-18-16-14-12-10-8-6-4-2)65-97-81-77(95)74(92)79(69(63-86)99-81)102-83-78(96)75(93)80(70(64-87)100-83)101-82-76(94)73(91)72(90)68(62-85)98-82/h5,7,11,13,17-20,22-23,50,52,58,60,66-70,72-83,85-88,90-96H,3-4,6,8-10,12,14-16,21,24-49,51,53-57,59,61-65H2,1-2H3,(H,84,89)/b7-5-,13-11-,19-17-,20-18+,23-22-,52-50+,60-58+. The number of aliphatic hydroxyl groups is 11. The van der Waals surface area contributed by atoms with E-state index in [9.17, 15) is 61.0 Å². The van der Waals surface area contributed by atoms with Gasteiger partial charge in [0, 0.05) is 6.42 Å². The van der Waals surface area contributed by atoms with E-state index < -0.39 is 124 Å². The first-order valence-corrected chi connectivity index (χ1v) is 40.8. The minimum Gasteiger partial charge on any atom is -0.394 e. The summed E-state index contributed by atoms with van der Waals surface area (Å²) in [6.45, 7) is 1.60. The molecule has 3 saturated heterocycles. The number of hydrogen-bond acceptors (Lipinski definition) is 18. The highest BCUT2D eigenvalue weighted by Gasteiger charge is 2.54. The molecule has 0 spiro atoms. The van der Waals surface area contributed by atoms with E-state index in [2.05, 4.69) is 92.1 Å². The van der Waals surface area contributed by atoms with Crippen LogP contribution in [0.25, 0.3) is 0 Å². The van der Waals surface area contributed by atoms with Crippen molar-refractivity contribution in [1.82, 2.24) is 5.32 Å². The van der Waals surface area contributed by atoms with Crippen LogP contribution in [0.3, 0.4) is 0 Å². The molecule has 0 saturated carbocycles. The van der Waals surface area contributed by atoms with Crippen molar-refractivity contribution in [2.24, 2.45) is 0 Å².